The highest BCUT2D eigenvalue weighted by Gasteiger charge is 2.36. The normalized spacial score (nSPS) is 12.0. The highest BCUT2D eigenvalue weighted by molar-refractivity contribution is 5.88. The maximum atomic E-state index is 12.9. The van der Waals surface area contributed by atoms with Crippen molar-refractivity contribution in [2.45, 2.75) is 19.1 Å². The molecular formula is C13H13F3N2O2. The van der Waals surface area contributed by atoms with E-state index in [2.05, 4.69) is 5.10 Å². The van der Waals surface area contributed by atoms with Gasteiger partial charge in [-0.15, -0.1) is 0 Å². The van der Waals surface area contributed by atoms with E-state index in [1.54, 1.807) is 0 Å². The third-order valence-electron chi connectivity index (χ3n) is 2.90. The SMILES string of the molecule is COCCCn1nc(C(F)(F)F)c2ccc(C=O)cc21. The van der Waals surface area contributed by atoms with Crippen LogP contribution >= 0.6 is 0 Å². The number of hydrogen-bond donors (Lipinski definition) is 0. The van der Waals surface area contributed by atoms with Gasteiger partial charge in [0.25, 0.3) is 0 Å². The van der Waals surface area contributed by atoms with E-state index in [9.17, 15) is 18.0 Å². The van der Waals surface area contributed by atoms with Crippen LogP contribution in [0.1, 0.15) is 22.5 Å². The van der Waals surface area contributed by atoms with E-state index in [0.717, 1.165) is 0 Å². The number of nitrogens with zero attached hydrogens (tertiary/aromatic N) is 2. The summed E-state index contributed by atoms with van der Waals surface area (Å²) in [6, 6.07) is 4.05. The lowest BCUT2D eigenvalue weighted by Crippen LogP contribution is -2.09. The Hall–Kier alpha value is -1.89. The van der Waals surface area contributed by atoms with Crippen molar-refractivity contribution < 1.29 is 22.7 Å². The van der Waals surface area contributed by atoms with Gasteiger partial charge in [-0.05, 0) is 18.6 Å². The molecule has 0 atom stereocenters. The number of rotatable bonds is 5. The Bertz CT molecular complexity index is 620. The number of methoxy groups -OCH3 is 1. The largest absolute Gasteiger partial charge is 0.435 e. The van der Waals surface area contributed by atoms with Gasteiger partial charge in [0.05, 0.1) is 5.52 Å². The van der Waals surface area contributed by atoms with Gasteiger partial charge in [0, 0.05) is 31.2 Å². The molecule has 0 saturated heterocycles. The molecule has 0 unspecified atom stereocenters. The molecule has 0 fully saturated rings. The number of carbonyl (C=O) groups is 1. The van der Waals surface area contributed by atoms with Crippen molar-refractivity contribution >= 4 is 17.2 Å². The number of benzene rings is 1. The van der Waals surface area contributed by atoms with Gasteiger partial charge in [0.1, 0.15) is 6.29 Å². The zero-order chi connectivity index (χ0) is 14.8. The summed E-state index contributed by atoms with van der Waals surface area (Å²) in [6.07, 6.45) is -3.39. The summed E-state index contributed by atoms with van der Waals surface area (Å²) < 4.78 is 44.9. The third kappa shape index (κ3) is 2.82. The lowest BCUT2D eigenvalue weighted by molar-refractivity contribution is -0.140. The van der Waals surface area contributed by atoms with Crippen LogP contribution in [0, 0.1) is 0 Å². The maximum Gasteiger partial charge on any atom is 0.435 e. The molecule has 0 aliphatic rings. The van der Waals surface area contributed by atoms with E-state index in [1.807, 2.05) is 0 Å². The molecule has 20 heavy (non-hydrogen) atoms. The minimum absolute atomic E-state index is 0.000479. The molecule has 2 rings (SSSR count). The first-order chi connectivity index (χ1) is 9.47. The molecule has 2 aromatic rings. The highest BCUT2D eigenvalue weighted by Crippen LogP contribution is 2.34. The monoisotopic (exact) mass is 286 g/mol. The number of carbonyl (C=O) groups excluding carboxylic acids is 1. The Morgan fingerprint density at radius 3 is 2.75 bits per heavy atom. The molecule has 0 saturated carbocycles. The summed E-state index contributed by atoms with van der Waals surface area (Å²) >= 11 is 0. The Kier molecular flexibility index (Phi) is 4.08. The first kappa shape index (κ1) is 14.5. The van der Waals surface area contributed by atoms with E-state index in [4.69, 9.17) is 4.74 Å². The van der Waals surface area contributed by atoms with Gasteiger partial charge in [0.2, 0.25) is 0 Å². The number of aryl methyl sites for hydroxylation is 1. The molecule has 108 valence electrons. The molecular weight excluding hydrogens is 273 g/mol. The van der Waals surface area contributed by atoms with Crippen LogP contribution in [-0.4, -0.2) is 29.8 Å². The number of aromatic nitrogens is 2. The minimum atomic E-state index is -4.52. The number of halogens is 3. The fraction of sp³-hybridized carbons (Fsp3) is 0.385. The minimum Gasteiger partial charge on any atom is -0.385 e. The summed E-state index contributed by atoms with van der Waals surface area (Å²) in [5.41, 5.74) is -0.306. The van der Waals surface area contributed by atoms with Gasteiger partial charge in [-0.3, -0.25) is 9.48 Å². The summed E-state index contributed by atoms with van der Waals surface area (Å²) in [7, 11) is 1.52. The molecule has 0 aliphatic carbocycles. The average Bonchev–Trinajstić information content (AvgIpc) is 2.77. The van der Waals surface area contributed by atoms with E-state index < -0.39 is 11.9 Å². The molecule has 1 aromatic heterocycles. The van der Waals surface area contributed by atoms with Crippen molar-refractivity contribution in [1.29, 1.82) is 0 Å². The van der Waals surface area contributed by atoms with Gasteiger partial charge in [-0.25, -0.2) is 0 Å². The smallest absolute Gasteiger partial charge is 0.385 e. The summed E-state index contributed by atoms with van der Waals surface area (Å²) in [6.45, 7) is 0.721. The topological polar surface area (TPSA) is 44.1 Å². The molecule has 0 radical (unpaired) electrons. The van der Waals surface area contributed by atoms with Gasteiger partial charge < -0.3 is 4.74 Å². The number of hydrogen-bond acceptors (Lipinski definition) is 3. The highest BCUT2D eigenvalue weighted by atomic mass is 19.4. The Morgan fingerprint density at radius 2 is 2.15 bits per heavy atom. The van der Waals surface area contributed by atoms with Gasteiger partial charge >= 0.3 is 6.18 Å². The molecule has 0 aliphatic heterocycles. The van der Waals surface area contributed by atoms with Crippen LogP contribution in [0.3, 0.4) is 0 Å². The second-order valence-electron chi connectivity index (χ2n) is 4.31. The van der Waals surface area contributed by atoms with E-state index in [1.165, 1.54) is 30.0 Å². The average molecular weight is 286 g/mol. The summed E-state index contributed by atoms with van der Waals surface area (Å²) in [5, 5.41) is 3.63. The fourth-order valence-electron chi connectivity index (χ4n) is 2.00. The van der Waals surface area contributed by atoms with E-state index in [-0.39, 0.29) is 5.39 Å². The first-order valence-corrected chi connectivity index (χ1v) is 5.99. The summed E-state index contributed by atoms with van der Waals surface area (Å²) in [4.78, 5) is 10.8. The summed E-state index contributed by atoms with van der Waals surface area (Å²) in [5.74, 6) is 0. The molecule has 1 aromatic carbocycles. The molecule has 0 amide bonds. The van der Waals surface area contributed by atoms with Crippen molar-refractivity contribution in [3.05, 3.63) is 29.5 Å². The number of aldehydes is 1. The van der Waals surface area contributed by atoms with Crippen LogP contribution in [-0.2, 0) is 17.5 Å². The van der Waals surface area contributed by atoms with Crippen LogP contribution in [0.25, 0.3) is 10.9 Å². The predicted octanol–water partition coefficient (Wildman–Crippen LogP) is 2.90. The Labute approximate surface area is 113 Å². The number of ether oxygens (including phenoxy) is 1. The van der Waals surface area contributed by atoms with Crippen molar-refractivity contribution in [3.63, 3.8) is 0 Å². The van der Waals surface area contributed by atoms with Crippen LogP contribution in [0.4, 0.5) is 13.2 Å². The van der Waals surface area contributed by atoms with Crippen molar-refractivity contribution in [2.24, 2.45) is 0 Å². The van der Waals surface area contributed by atoms with Crippen LogP contribution in [0.5, 0.6) is 0 Å². The lowest BCUT2D eigenvalue weighted by Gasteiger charge is -2.03. The van der Waals surface area contributed by atoms with E-state index in [0.29, 0.717) is 36.9 Å². The molecule has 0 N–H and O–H groups in total. The number of alkyl halides is 3. The molecule has 4 nitrogen and oxygen atoms in total. The Balaban J connectivity index is 2.51. The maximum absolute atomic E-state index is 12.9. The van der Waals surface area contributed by atoms with Crippen molar-refractivity contribution in [1.82, 2.24) is 9.78 Å². The zero-order valence-electron chi connectivity index (χ0n) is 10.8. The second kappa shape index (κ2) is 5.62. The first-order valence-electron chi connectivity index (χ1n) is 5.99. The molecule has 1 heterocycles. The lowest BCUT2D eigenvalue weighted by atomic mass is 10.1. The van der Waals surface area contributed by atoms with Crippen LogP contribution in [0.2, 0.25) is 0 Å². The van der Waals surface area contributed by atoms with Gasteiger partial charge in [-0.1, -0.05) is 6.07 Å². The predicted molar refractivity (Wildman–Crippen MR) is 66.6 cm³/mol. The number of fused-ring (bicyclic) bond motifs is 1. The quantitative estimate of drug-likeness (QED) is 0.627. The van der Waals surface area contributed by atoms with Crippen LogP contribution < -0.4 is 0 Å². The molecule has 0 spiro atoms. The van der Waals surface area contributed by atoms with Crippen molar-refractivity contribution in [2.75, 3.05) is 13.7 Å². The zero-order valence-corrected chi connectivity index (χ0v) is 10.8. The van der Waals surface area contributed by atoms with Gasteiger partial charge in [0.15, 0.2) is 5.69 Å². The molecule has 7 heteroatoms. The second-order valence-corrected chi connectivity index (χ2v) is 4.31. The molecule has 0 bridgehead atoms. The van der Waals surface area contributed by atoms with E-state index >= 15 is 0 Å². The fourth-order valence-corrected chi connectivity index (χ4v) is 2.00. The third-order valence-corrected chi connectivity index (χ3v) is 2.90. The van der Waals surface area contributed by atoms with Crippen molar-refractivity contribution in [3.8, 4) is 0 Å². The van der Waals surface area contributed by atoms with Gasteiger partial charge in [-0.2, -0.15) is 18.3 Å². The standard InChI is InChI=1S/C13H13F3N2O2/c1-20-6-2-5-18-11-7-9(8-19)3-4-10(11)12(17-18)13(14,15)16/h3-4,7-8H,2,5-6H2,1H3. The Morgan fingerprint density at radius 1 is 1.40 bits per heavy atom. The van der Waals surface area contributed by atoms with Crippen LogP contribution in [0.15, 0.2) is 18.2 Å².